The smallest absolute Gasteiger partial charge is 0.322 e. The van der Waals surface area contributed by atoms with Gasteiger partial charge in [0.25, 0.3) is 5.69 Å². The molecule has 0 bridgehead atoms. The van der Waals surface area contributed by atoms with Crippen LogP contribution in [-0.2, 0) is 0 Å². The first-order valence-corrected chi connectivity index (χ1v) is 6.06. The number of nitrogens with two attached hydrogens (primary N) is 1. The van der Waals surface area contributed by atoms with E-state index < -0.39 is 4.92 Å². The average Bonchev–Trinajstić information content (AvgIpc) is 2.70. The topological polar surface area (TPSA) is 102 Å². The molecule has 1 aliphatic heterocycles. The molecule has 0 aliphatic carbocycles. The van der Waals surface area contributed by atoms with Crippen molar-refractivity contribution in [2.45, 2.75) is 25.4 Å². The molecule has 7 heteroatoms. The Hall–Kier alpha value is -2.15. The maximum absolute atomic E-state index is 12.0. The summed E-state index contributed by atoms with van der Waals surface area (Å²) < 4.78 is 0. The third-order valence-electron chi connectivity index (χ3n) is 3.38. The summed E-state index contributed by atoms with van der Waals surface area (Å²) in [6, 6.07) is 5.54. The van der Waals surface area contributed by atoms with Crippen molar-refractivity contribution >= 4 is 17.4 Å². The van der Waals surface area contributed by atoms with Gasteiger partial charge in [-0.2, -0.15) is 0 Å². The Morgan fingerprint density at radius 1 is 1.58 bits per heavy atom. The number of amides is 2. The van der Waals surface area contributed by atoms with Crippen LogP contribution in [0.3, 0.4) is 0 Å². The Bertz CT molecular complexity index is 506. The van der Waals surface area contributed by atoms with Gasteiger partial charge in [-0.3, -0.25) is 10.1 Å². The van der Waals surface area contributed by atoms with E-state index in [0.717, 1.165) is 6.42 Å². The molecule has 7 nitrogen and oxygen atoms in total. The predicted octanol–water partition coefficient (Wildman–Crippen LogP) is 1.55. The summed E-state index contributed by atoms with van der Waals surface area (Å²) in [4.78, 5) is 23.8. The molecule has 1 aliphatic rings. The molecular weight excluding hydrogens is 248 g/mol. The molecule has 0 aromatic heterocycles. The first kappa shape index (κ1) is 13.3. The van der Waals surface area contributed by atoms with E-state index in [2.05, 4.69) is 5.32 Å². The van der Waals surface area contributed by atoms with Crippen molar-refractivity contribution < 1.29 is 9.72 Å². The molecular formula is C12H16N4O3. The molecule has 1 saturated heterocycles. The second-order valence-corrected chi connectivity index (χ2v) is 4.62. The maximum Gasteiger partial charge on any atom is 0.322 e. The van der Waals surface area contributed by atoms with Crippen LogP contribution in [0.25, 0.3) is 0 Å². The minimum atomic E-state index is -0.496. The van der Waals surface area contributed by atoms with Crippen molar-refractivity contribution in [2.24, 2.45) is 5.73 Å². The first-order valence-electron chi connectivity index (χ1n) is 6.06. The Labute approximate surface area is 110 Å². The van der Waals surface area contributed by atoms with Gasteiger partial charge in [-0.05, 0) is 19.4 Å². The molecule has 0 radical (unpaired) electrons. The van der Waals surface area contributed by atoms with Crippen LogP contribution in [-0.4, -0.2) is 34.5 Å². The summed E-state index contributed by atoms with van der Waals surface area (Å²) in [7, 11) is 0. The van der Waals surface area contributed by atoms with E-state index in [-0.39, 0.29) is 23.8 Å². The number of carbonyl (C=O) groups excluding carboxylic acids is 1. The van der Waals surface area contributed by atoms with Crippen LogP contribution in [0.15, 0.2) is 24.3 Å². The Morgan fingerprint density at radius 2 is 2.32 bits per heavy atom. The molecule has 102 valence electrons. The first-order chi connectivity index (χ1) is 8.99. The van der Waals surface area contributed by atoms with Gasteiger partial charge in [0.05, 0.1) is 4.92 Å². The van der Waals surface area contributed by atoms with Crippen LogP contribution in [0.2, 0.25) is 0 Å². The van der Waals surface area contributed by atoms with Gasteiger partial charge >= 0.3 is 6.03 Å². The molecule has 0 saturated carbocycles. The number of nitro benzene ring substituents is 1. The molecule has 1 heterocycles. The number of hydrogen-bond donors (Lipinski definition) is 2. The molecule has 2 rings (SSSR count). The van der Waals surface area contributed by atoms with Crippen molar-refractivity contribution in [2.75, 3.05) is 11.9 Å². The zero-order valence-electron chi connectivity index (χ0n) is 10.6. The molecule has 0 spiro atoms. The van der Waals surface area contributed by atoms with E-state index in [1.54, 1.807) is 11.0 Å². The zero-order chi connectivity index (χ0) is 14.0. The number of anilines is 1. The average molecular weight is 264 g/mol. The third-order valence-corrected chi connectivity index (χ3v) is 3.38. The van der Waals surface area contributed by atoms with Crippen molar-refractivity contribution in [3.63, 3.8) is 0 Å². The molecule has 19 heavy (non-hydrogen) atoms. The second kappa shape index (κ2) is 5.23. The highest BCUT2D eigenvalue weighted by atomic mass is 16.6. The van der Waals surface area contributed by atoms with Crippen LogP contribution in [0.1, 0.15) is 13.3 Å². The van der Waals surface area contributed by atoms with E-state index in [1.807, 2.05) is 6.92 Å². The number of urea groups is 1. The quantitative estimate of drug-likeness (QED) is 0.625. The number of carbonyl (C=O) groups is 1. The van der Waals surface area contributed by atoms with Crippen molar-refractivity contribution in [3.05, 3.63) is 34.4 Å². The Kier molecular flexibility index (Phi) is 3.66. The lowest BCUT2D eigenvalue weighted by molar-refractivity contribution is -0.384. The summed E-state index contributed by atoms with van der Waals surface area (Å²) in [6.07, 6.45) is 0.767. The largest absolute Gasteiger partial charge is 0.326 e. The van der Waals surface area contributed by atoms with Crippen LogP contribution < -0.4 is 11.1 Å². The molecule has 1 aromatic carbocycles. The van der Waals surface area contributed by atoms with Crippen molar-refractivity contribution in [3.8, 4) is 0 Å². The van der Waals surface area contributed by atoms with E-state index in [9.17, 15) is 14.9 Å². The maximum atomic E-state index is 12.0. The summed E-state index contributed by atoms with van der Waals surface area (Å²) in [5, 5.41) is 13.3. The van der Waals surface area contributed by atoms with Crippen LogP contribution in [0.4, 0.5) is 16.2 Å². The van der Waals surface area contributed by atoms with Crippen LogP contribution >= 0.6 is 0 Å². The highest BCUT2D eigenvalue weighted by Gasteiger charge is 2.31. The third kappa shape index (κ3) is 2.82. The van der Waals surface area contributed by atoms with Gasteiger partial charge in [0, 0.05) is 36.4 Å². The predicted molar refractivity (Wildman–Crippen MR) is 70.9 cm³/mol. The minimum Gasteiger partial charge on any atom is -0.326 e. The zero-order valence-corrected chi connectivity index (χ0v) is 10.6. The number of nitrogens with one attached hydrogen (secondary N) is 1. The van der Waals surface area contributed by atoms with Gasteiger partial charge in [0.15, 0.2) is 0 Å². The highest BCUT2D eigenvalue weighted by molar-refractivity contribution is 5.90. The number of nitrogens with zero attached hydrogens (tertiary/aromatic N) is 2. The molecule has 2 amide bonds. The summed E-state index contributed by atoms with van der Waals surface area (Å²) >= 11 is 0. The Morgan fingerprint density at radius 3 is 2.89 bits per heavy atom. The van der Waals surface area contributed by atoms with Gasteiger partial charge in [0.1, 0.15) is 0 Å². The lowest BCUT2D eigenvalue weighted by Gasteiger charge is -2.23. The number of benzene rings is 1. The van der Waals surface area contributed by atoms with E-state index in [4.69, 9.17) is 5.73 Å². The van der Waals surface area contributed by atoms with E-state index in [0.29, 0.717) is 12.2 Å². The molecule has 1 aromatic rings. The fraction of sp³-hybridized carbons (Fsp3) is 0.417. The monoisotopic (exact) mass is 264 g/mol. The molecule has 3 N–H and O–H groups in total. The van der Waals surface area contributed by atoms with Gasteiger partial charge in [-0.25, -0.2) is 4.79 Å². The van der Waals surface area contributed by atoms with E-state index in [1.165, 1.54) is 18.2 Å². The lowest BCUT2D eigenvalue weighted by atomic mass is 10.2. The van der Waals surface area contributed by atoms with Gasteiger partial charge in [-0.15, -0.1) is 0 Å². The number of non-ortho nitro benzene ring substituents is 1. The molecule has 1 fully saturated rings. The van der Waals surface area contributed by atoms with Gasteiger partial charge < -0.3 is 16.0 Å². The highest BCUT2D eigenvalue weighted by Crippen LogP contribution is 2.20. The number of rotatable bonds is 2. The van der Waals surface area contributed by atoms with Gasteiger partial charge in [0.2, 0.25) is 0 Å². The minimum absolute atomic E-state index is 0.0177. The fourth-order valence-corrected chi connectivity index (χ4v) is 2.14. The summed E-state index contributed by atoms with van der Waals surface area (Å²) in [5.41, 5.74) is 6.21. The van der Waals surface area contributed by atoms with E-state index >= 15 is 0 Å². The molecule has 2 atom stereocenters. The fourth-order valence-electron chi connectivity index (χ4n) is 2.14. The summed E-state index contributed by atoms with van der Waals surface area (Å²) in [5.74, 6) is 0. The van der Waals surface area contributed by atoms with Crippen LogP contribution in [0.5, 0.6) is 0 Å². The van der Waals surface area contributed by atoms with Crippen LogP contribution in [0, 0.1) is 10.1 Å². The Balaban J connectivity index is 2.07. The number of nitro groups is 1. The summed E-state index contributed by atoms with van der Waals surface area (Å²) in [6.45, 7) is 2.49. The number of hydrogen-bond acceptors (Lipinski definition) is 4. The van der Waals surface area contributed by atoms with Crippen molar-refractivity contribution in [1.29, 1.82) is 0 Å². The SMILES string of the molecule is CC1C(N)CCN1C(=O)Nc1cccc([N+](=O)[O-])c1. The second-order valence-electron chi connectivity index (χ2n) is 4.62. The normalized spacial score (nSPS) is 22.3. The lowest BCUT2D eigenvalue weighted by Crippen LogP contribution is -2.42. The number of likely N-dealkylation sites (tertiary alicyclic amines) is 1. The standard InChI is InChI=1S/C12H16N4O3/c1-8-11(13)5-6-15(8)12(17)14-9-3-2-4-10(7-9)16(18)19/h2-4,7-8,11H,5-6,13H2,1H3,(H,14,17). The molecule has 2 unspecified atom stereocenters. The van der Waals surface area contributed by atoms with Gasteiger partial charge in [-0.1, -0.05) is 6.07 Å². The van der Waals surface area contributed by atoms with Crippen molar-refractivity contribution in [1.82, 2.24) is 4.90 Å².